The van der Waals surface area contributed by atoms with E-state index in [9.17, 15) is 0 Å². The first kappa shape index (κ1) is 11.9. The van der Waals surface area contributed by atoms with Crippen LogP contribution in [0.2, 0.25) is 5.02 Å². The van der Waals surface area contributed by atoms with Gasteiger partial charge >= 0.3 is 0 Å². The van der Waals surface area contributed by atoms with Gasteiger partial charge in [-0.1, -0.05) is 37.1 Å². The standard InChI is InChI=1S/C14H20ClN/c1-3-4-11-5-6-12(9-13(11)15)14(7-8-14)10-16-2/h5-6,9,16H,3-4,7-8,10H2,1-2H3. The smallest absolute Gasteiger partial charge is 0.0440 e. The van der Waals surface area contributed by atoms with E-state index < -0.39 is 0 Å². The van der Waals surface area contributed by atoms with Crippen LogP contribution in [0, 0.1) is 0 Å². The molecule has 1 saturated carbocycles. The van der Waals surface area contributed by atoms with Gasteiger partial charge in [0.1, 0.15) is 0 Å². The van der Waals surface area contributed by atoms with Crippen LogP contribution in [0.25, 0.3) is 0 Å². The van der Waals surface area contributed by atoms with Gasteiger partial charge in [-0.25, -0.2) is 0 Å². The summed E-state index contributed by atoms with van der Waals surface area (Å²) < 4.78 is 0. The number of nitrogens with one attached hydrogen (secondary N) is 1. The molecule has 1 N–H and O–H groups in total. The molecule has 1 fully saturated rings. The van der Waals surface area contributed by atoms with Crippen molar-refractivity contribution < 1.29 is 0 Å². The highest BCUT2D eigenvalue weighted by Gasteiger charge is 2.43. The molecular formula is C14H20ClN. The predicted octanol–water partition coefficient (Wildman–Crippen LogP) is 3.54. The second-order valence-electron chi connectivity index (χ2n) is 4.87. The number of hydrogen-bond acceptors (Lipinski definition) is 1. The third-order valence-corrected chi connectivity index (χ3v) is 3.91. The van der Waals surface area contributed by atoms with Crippen molar-refractivity contribution in [1.82, 2.24) is 5.32 Å². The Labute approximate surface area is 103 Å². The molecule has 16 heavy (non-hydrogen) atoms. The van der Waals surface area contributed by atoms with Crippen molar-refractivity contribution in [3.8, 4) is 0 Å². The first-order valence-corrected chi connectivity index (χ1v) is 6.53. The summed E-state index contributed by atoms with van der Waals surface area (Å²) in [6, 6.07) is 6.65. The second-order valence-corrected chi connectivity index (χ2v) is 5.27. The fourth-order valence-corrected chi connectivity index (χ4v) is 2.68. The van der Waals surface area contributed by atoms with E-state index in [1.54, 1.807) is 0 Å². The Morgan fingerprint density at radius 2 is 2.12 bits per heavy atom. The van der Waals surface area contributed by atoms with Crippen LogP contribution < -0.4 is 5.32 Å². The Hall–Kier alpha value is -0.530. The van der Waals surface area contributed by atoms with Gasteiger partial charge in [-0.3, -0.25) is 0 Å². The summed E-state index contributed by atoms with van der Waals surface area (Å²) in [4.78, 5) is 0. The predicted molar refractivity (Wildman–Crippen MR) is 70.3 cm³/mol. The van der Waals surface area contributed by atoms with Gasteiger partial charge in [0.15, 0.2) is 0 Å². The lowest BCUT2D eigenvalue weighted by molar-refractivity contribution is 0.624. The van der Waals surface area contributed by atoms with Crippen LogP contribution in [0.1, 0.15) is 37.3 Å². The van der Waals surface area contributed by atoms with Gasteiger partial charge in [0, 0.05) is 17.0 Å². The van der Waals surface area contributed by atoms with E-state index in [0.717, 1.165) is 24.4 Å². The minimum absolute atomic E-state index is 0.378. The largest absolute Gasteiger partial charge is 0.319 e. The molecule has 0 radical (unpaired) electrons. The van der Waals surface area contributed by atoms with Crippen molar-refractivity contribution in [3.63, 3.8) is 0 Å². The molecule has 2 heteroatoms. The quantitative estimate of drug-likeness (QED) is 0.826. The highest BCUT2D eigenvalue weighted by molar-refractivity contribution is 6.31. The van der Waals surface area contributed by atoms with Crippen LogP contribution in [-0.4, -0.2) is 13.6 Å². The van der Waals surface area contributed by atoms with Gasteiger partial charge in [-0.2, -0.15) is 0 Å². The Balaban J connectivity index is 2.21. The summed E-state index contributed by atoms with van der Waals surface area (Å²) in [5.74, 6) is 0. The number of halogens is 1. The molecule has 0 heterocycles. The van der Waals surface area contributed by atoms with Crippen molar-refractivity contribution in [1.29, 1.82) is 0 Å². The van der Waals surface area contributed by atoms with Crippen molar-refractivity contribution in [2.75, 3.05) is 13.6 Å². The SMILES string of the molecule is CCCc1ccc(C2(CNC)CC2)cc1Cl. The van der Waals surface area contributed by atoms with Crippen LogP contribution in [0.5, 0.6) is 0 Å². The lowest BCUT2D eigenvalue weighted by Gasteiger charge is -2.16. The van der Waals surface area contributed by atoms with Crippen molar-refractivity contribution in [2.45, 2.75) is 38.0 Å². The summed E-state index contributed by atoms with van der Waals surface area (Å²) in [6.07, 6.45) is 4.81. The van der Waals surface area contributed by atoms with E-state index in [4.69, 9.17) is 11.6 Å². The zero-order valence-corrected chi connectivity index (χ0v) is 10.9. The van der Waals surface area contributed by atoms with Crippen molar-refractivity contribution in [2.24, 2.45) is 0 Å². The highest BCUT2D eigenvalue weighted by Crippen LogP contribution is 2.48. The highest BCUT2D eigenvalue weighted by atomic mass is 35.5. The molecule has 88 valence electrons. The van der Waals surface area contributed by atoms with Gasteiger partial charge in [-0.05, 0) is 43.5 Å². The summed E-state index contributed by atoms with van der Waals surface area (Å²) in [7, 11) is 2.02. The van der Waals surface area contributed by atoms with E-state index in [-0.39, 0.29) is 0 Å². The molecule has 1 nitrogen and oxygen atoms in total. The van der Waals surface area contributed by atoms with Crippen LogP contribution >= 0.6 is 11.6 Å². The van der Waals surface area contributed by atoms with E-state index in [0.29, 0.717) is 5.41 Å². The molecule has 1 aliphatic carbocycles. The van der Waals surface area contributed by atoms with Crippen LogP contribution in [0.15, 0.2) is 18.2 Å². The molecule has 1 aliphatic rings. The Morgan fingerprint density at radius 3 is 2.62 bits per heavy atom. The zero-order valence-electron chi connectivity index (χ0n) is 10.1. The minimum atomic E-state index is 0.378. The fourth-order valence-electron chi connectivity index (χ4n) is 2.41. The molecule has 0 spiro atoms. The van der Waals surface area contributed by atoms with Gasteiger partial charge in [0.2, 0.25) is 0 Å². The summed E-state index contributed by atoms with van der Waals surface area (Å²) in [5, 5.41) is 4.23. The monoisotopic (exact) mass is 237 g/mol. The lowest BCUT2D eigenvalue weighted by Crippen LogP contribution is -2.23. The summed E-state index contributed by atoms with van der Waals surface area (Å²) in [6.45, 7) is 3.25. The molecule has 0 aliphatic heterocycles. The molecule has 0 amide bonds. The van der Waals surface area contributed by atoms with Gasteiger partial charge in [0.05, 0.1) is 0 Å². The van der Waals surface area contributed by atoms with Gasteiger partial charge < -0.3 is 5.32 Å². The Kier molecular flexibility index (Phi) is 3.56. The molecule has 0 aromatic heterocycles. The van der Waals surface area contributed by atoms with Gasteiger partial charge in [0.25, 0.3) is 0 Å². The van der Waals surface area contributed by atoms with E-state index in [1.807, 2.05) is 7.05 Å². The number of hydrogen-bond donors (Lipinski definition) is 1. The number of likely N-dealkylation sites (N-methyl/N-ethyl adjacent to an activating group) is 1. The fraction of sp³-hybridized carbons (Fsp3) is 0.571. The molecule has 0 unspecified atom stereocenters. The first-order chi connectivity index (χ1) is 7.72. The van der Waals surface area contributed by atoms with Gasteiger partial charge in [-0.15, -0.1) is 0 Å². The normalized spacial score (nSPS) is 17.4. The van der Waals surface area contributed by atoms with Crippen LogP contribution in [0.3, 0.4) is 0 Å². The molecule has 0 saturated heterocycles. The van der Waals surface area contributed by atoms with Crippen LogP contribution in [0.4, 0.5) is 0 Å². The van der Waals surface area contributed by atoms with E-state index >= 15 is 0 Å². The molecular weight excluding hydrogens is 218 g/mol. The number of benzene rings is 1. The third-order valence-electron chi connectivity index (χ3n) is 3.55. The lowest BCUT2D eigenvalue weighted by atomic mass is 9.94. The average Bonchev–Trinajstić information content (AvgIpc) is 3.03. The van der Waals surface area contributed by atoms with E-state index in [2.05, 4.69) is 30.4 Å². The average molecular weight is 238 g/mol. The molecule has 2 rings (SSSR count). The minimum Gasteiger partial charge on any atom is -0.319 e. The first-order valence-electron chi connectivity index (χ1n) is 6.15. The van der Waals surface area contributed by atoms with Crippen LogP contribution in [-0.2, 0) is 11.8 Å². The summed E-state index contributed by atoms with van der Waals surface area (Å²) in [5.41, 5.74) is 3.07. The summed E-state index contributed by atoms with van der Waals surface area (Å²) >= 11 is 6.32. The second kappa shape index (κ2) is 4.77. The maximum atomic E-state index is 6.32. The van der Waals surface area contributed by atoms with E-state index in [1.165, 1.54) is 24.0 Å². The molecule has 1 aromatic carbocycles. The Morgan fingerprint density at radius 1 is 1.38 bits per heavy atom. The Bertz CT molecular complexity index is 369. The number of aryl methyl sites for hydroxylation is 1. The zero-order chi connectivity index (χ0) is 11.6. The molecule has 0 bridgehead atoms. The van der Waals surface area contributed by atoms with Crippen molar-refractivity contribution >= 4 is 11.6 Å². The maximum absolute atomic E-state index is 6.32. The maximum Gasteiger partial charge on any atom is 0.0440 e. The number of rotatable bonds is 5. The molecule has 0 atom stereocenters. The third kappa shape index (κ3) is 2.26. The van der Waals surface area contributed by atoms with Crippen molar-refractivity contribution in [3.05, 3.63) is 34.3 Å². The molecule has 1 aromatic rings. The topological polar surface area (TPSA) is 12.0 Å².